The Labute approximate surface area is 110 Å². The van der Waals surface area contributed by atoms with E-state index in [9.17, 15) is 5.11 Å². The monoisotopic (exact) mass is 248 g/mol. The molecule has 1 aromatic rings. The van der Waals surface area contributed by atoms with Gasteiger partial charge in [0.2, 0.25) is 0 Å². The Bertz CT molecular complexity index is 384. The minimum absolute atomic E-state index is 0.164. The molecule has 3 nitrogen and oxygen atoms in total. The van der Waals surface area contributed by atoms with Crippen LogP contribution in [0.5, 0.6) is 5.75 Å². The van der Waals surface area contributed by atoms with Gasteiger partial charge in [0, 0.05) is 18.2 Å². The number of aromatic hydroxyl groups is 1. The van der Waals surface area contributed by atoms with E-state index in [0.29, 0.717) is 5.75 Å². The molecule has 1 heterocycles. The molecule has 1 atom stereocenters. The maximum Gasteiger partial charge on any atom is 0.120 e. The van der Waals surface area contributed by atoms with Crippen LogP contribution in [-0.2, 0) is 13.0 Å². The molecule has 1 aliphatic heterocycles. The van der Waals surface area contributed by atoms with E-state index in [-0.39, 0.29) is 6.04 Å². The predicted molar refractivity (Wildman–Crippen MR) is 74.6 cm³/mol. The average molecular weight is 248 g/mol. The van der Waals surface area contributed by atoms with Crippen LogP contribution >= 0.6 is 0 Å². The number of hydrogen-bond donors (Lipinski definition) is 2. The lowest BCUT2D eigenvalue weighted by Crippen LogP contribution is -2.29. The van der Waals surface area contributed by atoms with Crippen molar-refractivity contribution >= 4 is 0 Å². The van der Waals surface area contributed by atoms with Gasteiger partial charge in [-0.15, -0.1) is 0 Å². The number of phenolic OH excluding ortho intramolecular Hbond substituents is 1. The second-order valence-electron chi connectivity index (χ2n) is 5.48. The highest BCUT2D eigenvalue weighted by molar-refractivity contribution is 5.36. The molecule has 3 heteroatoms. The maximum absolute atomic E-state index is 9.94. The smallest absolute Gasteiger partial charge is 0.120 e. The molecule has 0 aliphatic carbocycles. The van der Waals surface area contributed by atoms with Gasteiger partial charge in [0.25, 0.3) is 0 Å². The highest BCUT2D eigenvalue weighted by Gasteiger charge is 2.13. The number of benzene rings is 1. The number of hydrogen-bond acceptors (Lipinski definition) is 3. The first-order valence-electron chi connectivity index (χ1n) is 6.94. The second-order valence-corrected chi connectivity index (χ2v) is 5.48. The lowest BCUT2D eigenvalue weighted by atomic mass is 10.0. The van der Waals surface area contributed by atoms with E-state index >= 15 is 0 Å². The van der Waals surface area contributed by atoms with E-state index in [4.69, 9.17) is 5.73 Å². The summed E-state index contributed by atoms with van der Waals surface area (Å²) in [5, 5.41) is 9.94. The summed E-state index contributed by atoms with van der Waals surface area (Å²) in [6.07, 6.45) is 4.76. The molecule has 1 aliphatic rings. The lowest BCUT2D eigenvalue weighted by molar-refractivity contribution is 0.218. The summed E-state index contributed by atoms with van der Waals surface area (Å²) in [5.41, 5.74) is 8.08. The number of piperidine rings is 1. The highest BCUT2D eigenvalue weighted by Crippen LogP contribution is 2.22. The van der Waals surface area contributed by atoms with Crippen molar-refractivity contribution in [2.24, 2.45) is 5.73 Å². The van der Waals surface area contributed by atoms with E-state index in [1.807, 2.05) is 13.0 Å². The van der Waals surface area contributed by atoms with Gasteiger partial charge < -0.3 is 10.8 Å². The molecule has 3 N–H and O–H groups in total. The fourth-order valence-corrected chi connectivity index (χ4v) is 2.62. The lowest BCUT2D eigenvalue weighted by Gasteiger charge is -2.26. The van der Waals surface area contributed by atoms with Gasteiger partial charge in [-0.1, -0.05) is 18.6 Å². The summed E-state index contributed by atoms with van der Waals surface area (Å²) >= 11 is 0. The summed E-state index contributed by atoms with van der Waals surface area (Å²) in [6.45, 7) is 5.17. The third-order valence-corrected chi connectivity index (χ3v) is 3.54. The van der Waals surface area contributed by atoms with Crippen LogP contribution in [0.3, 0.4) is 0 Å². The van der Waals surface area contributed by atoms with Crippen LogP contribution in [0.4, 0.5) is 0 Å². The summed E-state index contributed by atoms with van der Waals surface area (Å²) < 4.78 is 0. The van der Waals surface area contributed by atoms with Crippen molar-refractivity contribution in [3.63, 3.8) is 0 Å². The van der Waals surface area contributed by atoms with Gasteiger partial charge in [-0.25, -0.2) is 0 Å². The van der Waals surface area contributed by atoms with Crippen LogP contribution in [0.15, 0.2) is 18.2 Å². The molecule has 1 fully saturated rings. The van der Waals surface area contributed by atoms with E-state index < -0.39 is 0 Å². The maximum atomic E-state index is 9.94. The highest BCUT2D eigenvalue weighted by atomic mass is 16.3. The number of nitrogens with zero attached hydrogens (tertiary/aromatic N) is 1. The Kier molecular flexibility index (Phi) is 4.61. The minimum Gasteiger partial charge on any atom is -0.508 e. The first kappa shape index (κ1) is 13.4. The number of rotatable bonds is 4. The van der Waals surface area contributed by atoms with Crippen molar-refractivity contribution in [2.45, 2.75) is 45.2 Å². The summed E-state index contributed by atoms with van der Waals surface area (Å²) in [6, 6.07) is 6.04. The topological polar surface area (TPSA) is 49.5 Å². The van der Waals surface area contributed by atoms with Gasteiger partial charge in [0.15, 0.2) is 0 Å². The van der Waals surface area contributed by atoms with Crippen molar-refractivity contribution in [1.29, 1.82) is 0 Å². The Morgan fingerprint density at radius 1 is 1.28 bits per heavy atom. The van der Waals surface area contributed by atoms with Crippen LogP contribution in [0.25, 0.3) is 0 Å². The number of nitrogens with two attached hydrogens (primary N) is 1. The molecule has 2 rings (SSSR count). The molecule has 1 unspecified atom stereocenters. The largest absolute Gasteiger partial charge is 0.508 e. The van der Waals surface area contributed by atoms with Crippen molar-refractivity contribution in [3.05, 3.63) is 29.3 Å². The molecule has 1 saturated heterocycles. The van der Waals surface area contributed by atoms with Crippen molar-refractivity contribution in [3.8, 4) is 5.75 Å². The second kappa shape index (κ2) is 6.21. The first-order chi connectivity index (χ1) is 8.65. The molecule has 0 radical (unpaired) electrons. The van der Waals surface area contributed by atoms with Crippen LogP contribution < -0.4 is 5.73 Å². The fraction of sp³-hybridized carbons (Fsp3) is 0.600. The van der Waals surface area contributed by atoms with Gasteiger partial charge in [0.1, 0.15) is 5.75 Å². The van der Waals surface area contributed by atoms with Gasteiger partial charge in [-0.2, -0.15) is 0 Å². The van der Waals surface area contributed by atoms with Crippen LogP contribution in [-0.4, -0.2) is 29.1 Å². The Hall–Kier alpha value is -1.06. The quantitative estimate of drug-likeness (QED) is 0.859. The van der Waals surface area contributed by atoms with Crippen LogP contribution in [0.2, 0.25) is 0 Å². The standard InChI is InChI=1S/C15H24N2O/c1-12(16)9-13-5-6-15(18)14(10-13)11-17-7-3-2-4-8-17/h5-6,10,12,18H,2-4,7-9,11,16H2,1H3. The first-order valence-corrected chi connectivity index (χ1v) is 6.94. The Morgan fingerprint density at radius 3 is 2.67 bits per heavy atom. The normalized spacial score (nSPS) is 18.8. The molecule has 0 aromatic heterocycles. The van der Waals surface area contributed by atoms with E-state index in [1.54, 1.807) is 6.07 Å². The molecular formula is C15H24N2O. The Morgan fingerprint density at radius 2 is 2.00 bits per heavy atom. The molecule has 18 heavy (non-hydrogen) atoms. The molecule has 0 spiro atoms. The zero-order chi connectivity index (χ0) is 13.0. The third kappa shape index (κ3) is 3.72. The van der Waals surface area contributed by atoms with Crippen molar-refractivity contribution in [2.75, 3.05) is 13.1 Å². The molecule has 100 valence electrons. The van der Waals surface area contributed by atoms with E-state index in [1.165, 1.54) is 24.8 Å². The molecule has 0 amide bonds. The fourth-order valence-electron chi connectivity index (χ4n) is 2.62. The summed E-state index contributed by atoms with van der Waals surface area (Å²) in [4.78, 5) is 2.42. The van der Waals surface area contributed by atoms with Crippen LogP contribution in [0.1, 0.15) is 37.3 Å². The summed E-state index contributed by atoms with van der Waals surface area (Å²) in [7, 11) is 0. The van der Waals surface area contributed by atoms with Gasteiger partial charge in [-0.05, 0) is 50.9 Å². The SMILES string of the molecule is CC(N)Cc1ccc(O)c(CN2CCCCC2)c1. The predicted octanol–water partition coefficient (Wildman–Crippen LogP) is 2.27. The number of likely N-dealkylation sites (tertiary alicyclic amines) is 1. The van der Waals surface area contributed by atoms with Gasteiger partial charge in [0.05, 0.1) is 0 Å². The third-order valence-electron chi connectivity index (χ3n) is 3.54. The molecule has 0 saturated carbocycles. The molecular weight excluding hydrogens is 224 g/mol. The summed E-state index contributed by atoms with van der Waals surface area (Å²) in [5.74, 6) is 0.411. The van der Waals surface area contributed by atoms with E-state index in [2.05, 4.69) is 11.0 Å². The average Bonchev–Trinajstić information content (AvgIpc) is 2.34. The molecule has 0 bridgehead atoms. The Balaban J connectivity index is 2.05. The van der Waals surface area contributed by atoms with E-state index in [0.717, 1.165) is 31.6 Å². The van der Waals surface area contributed by atoms with Crippen molar-refractivity contribution in [1.82, 2.24) is 4.90 Å². The number of phenols is 1. The zero-order valence-corrected chi connectivity index (χ0v) is 11.2. The zero-order valence-electron chi connectivity index (χ0n) is 11.2. The van der Waals surface area contributed by atoms with Crippen molar-refractivity contribution < 1.29 is 5.11 Å². The van der Waals surface area contributed by atoms with Crippen LogP contribution in [0, 0.1) is 0 Å². The minimum atomic E-state index is 0.164. The van der Waals surface area contributed by atoms with Gasteiger partial charge in [-0.3, -0.25) is 4.90 Å². The van der Waals surface area contributed by atoms with Gasteiger partial charge >= 0.3 is 0 Å². The molecule has 1 aromatic carbocycles.